The summed E-state index contributed by atoms with van der Waals surface area (Å²) in [4.78, 5) is 0. The van der Waals surface area contributed by atoms with E-state index in [1.807, 2.05) is 0 Å². The molecule has 5 unspecified atom stereocenters. The van der Waals surface area contributed by atoms with Gasteiger partial charge in [0.15, 0.2) is 0 Å². The second-order valence-corrected chi connectivity index (χ2v) is 10.9. The molecule has 5 atom stereocenters. The molecule has 1 aromatic rings. The molecule has 2 saturated carbocycles. The Morgan fingerprint density at radius 3 is 2.39 bits per heavy atom. The highest BCUT2D eigenvalue weighted by Crippen LogP contribution is 2.48. The molecule has 0 bridgehead atoms. The summed E-state index contributed by atoms with van der Waals surface area (Å²) in [5.41, 5.74) is 4.78. The van der Waals surface area contributed by atoms with Crippen LogP contribution in [0.5, 0.6) is 0 Å². The summed E-state index contributed by atoms with van der Waals surface area (Å²) in [7, 11) is 0. The van der Waals surface area contributed by atoms with Crippen molar-refractivity contribution >= 4 is 0 Å². The van der Waals surface area contributed by atoms with Crippen LogP contribution in [0.15, 0.2) is 30.4 Å². The van der Waals surface area contributed by atoms with E-state index in [1.54, 1.807) is 16.7 Å². The van der Waals surface area contributed by atoms with Gasteiger partial charge in [-0.1, -0.05) is 50.8 Å². The van der Waals surface area contributed by atoms with Gasteiger partial charge in [-0.25, -0.2) is 0 Å². The van der Waals surface area contributed by atoms with Crippen molar-refractivity contribution in [3.05, 3.63) is 47.0 Å². The normalized spacial score (nSPS) is 30.4. The van der Waals surface area contributed by atoms with E-state index in [0.717, 1.165) is 30.6 Å². The van der Waals surface area contributed by atoms with Crippen molar-refractivity contribution < 1.29 is 8.78 Å². The zero-order valence-electron chi connectivity index (χ0n) is 19.6. The molecule has 2 heteroatoms. The number of aryl methyl sites for hydroxylation is 2. The van der Waals surface area contributed by atoms with Gasteiger partial charge < -0.3 is 0 Å². The molecule has 0 N–H and O–H groups in total. The summed E-state index contributed by atoms with van der Waals surface area (Å²) in [6, 6.07) is 7.36. The van der Waals surface area contributed by atoms with Gasteiger partial charge >= 0.3 is 0 Å². The largest absolute Gasteiger partial charge is 0.266 e. The maximum Gasteiger partial charge on any atom is 0.266 e. The molecule has 31 heavy (non-hydrogen) atoms. The molecular formula is C29H42F2. The summed E-state index contributed by atoms with van der Waals surface area (Å²) in [6.45, 7) is 2.28. The van der Waals surface area contributed by atoms with Gasteiger partial charge in [-0.2, -0.15) is 8.78 Å². The third-order valence-electron chi connectivity index (χ3n) is 8.83. The van der Waals surface area contributed by atoms with Crippen molar-refractivity contribution in [2.45, 2.75) is 103 Å². The number of hydrogen-bond acceptors (Lipinski definition) is 0. The van der Waals surface area contributed by atoms with Crippen LogP contribution in [0.4, 0.5) is 8.78 Å². The summed E-state index contributed by atoms with van der Waals surface area (Å²) in [5.74, 6) is 3.32. The summed E-state index contributed by atoms with van der Waals surface area (Å²) < 4.78 is 25.3. The maximum absolute atomic E-state index is 12.7. The summed E-state index contributed by atoms with van der Waals surface area (Å²) in [5, 5.41) is 0. The number of rotatable bonds is 8. The van der Waals surface area contributed by atoms with Gasteiger partial charge in [0.2, 0.25) is 0 Å². The van der Waals surface area contributed by atoms with E-state index < -0.39 is 6.08 Å². The first-order valence-electron chi connectivity index (χ1n) is 13.3. The quantitative estimate of drug-likeness (QED) is 0.363. The predicted octanol–water partition coefficient (Wildman–Crippen LogP) is 8.92. The second kappa shape index (κ2) is 11.1. The molecule has 0 radical (unpaired) electrons. The Morgan fingerprint density at radius 1 is 0.839 bits per heavy atom. The van der Waals surface area contributed by atoms with Crippen molar-refractivity contribution in [1.29, 1.82) is 0 Å². The lowest BCUT2D eigenvalue weighted by molar-refractivity contribution is 0.0803. The molecule has 0 saturated heterocycles. The topological polar surface area (TPSA) is 0 Å². The van der Waals surface area contributed by atoms with Gasteiger partial charge in [-0.3, -0.25) is 0 Å². The van der Waals surface area contributed by atoms with Crippen molar-refractivity contribution in [1.82, 2.24) is 0 Å². The fourth-order valence-corrected chi connectivity index (χ4v) is 7.05. The van der Waals surface area contributed by atoms with E-state index >= 15 is 0 Å². The van der Waals surface area contributed by atoms with E-state index in [4.69, 9.17) is 0 Å². The number of unbranched alkanes of at least 4 members (excludes halogenated alkanes) is 4. The van der Waals surface area contributed by atoms with Crippen LogP contribution in [0.3, 0.4) is 0 Å². The van der Waals surface area contributed by atoms with Crippen molar-refractivity contribution in [3.8, 4) is 0 Å². The number of hydrogen-bond donors (Lipinski definition) is 0. The first kappa shape index (κ1) is 23.0. The average Bonchev–Trinajstić information content (AvgIpc) is 2.78. The van der Waals surface area contributed by atoms with Crippen molar-refractivity contribution in [2.24, 2.45) is 29.6 Å². The van der Waals surface area contributed by atoms with Crippen LogP contribution in [0, 0.1) is 29.6 Å². The number of fused-ring (bicyclic) bond motifs is 2. The van der Waals surface area contributed by atoms with Crippen LogP contribution in [0.2, 0.25) is 0 Å². The van der Waals surface area contributed by atoms with Crippen LogP contribution in [0.1, 0.15) is 101 Å². The molecule has 1 aromatic carbocycles. The SMILES string of the molecule is CCCCCCCc1ccc2c(c1)CCC(C1CCC3CC(C=C(F)F)CCC3C1)C2. The Bertz CT molecular complexity index is 732. The fourth-order valence-electron chi connectivity index (χ4n) is 7.05. The molecule has 4 rings (SSSR count). The molecule has 0 heterocycles. The van der Waals surface area contributed by atoms with Gasteiger partial charge in [0, 0.05) is 0 Å². The van der Waals surface area contributed by atoms with E-state index in [0.29, 0.717) is 5.92 Å². The molecule has 0 nitrogen and oxygen atoms in total. The van der Waals surface area contributed by atoms with Crippen LogP contribution in [0.25, 0.3) is 0 Å². The van der Waals surface area contributed by atoms with Crippen LogP contribution in [-0.2, 0) is 19.3 Å². The summed E-state index contributed by atoms with van der Waals surface area (Å²) >= 11 is 0. The average molecular weight is 429 g/mol. The molecule has 0 aliphatic heterocycles. The molecule has 0 aromatic heterocycles. The lowest BCUT2D eigenvalue weighted by Crippen LogP contribution is -2.34. The minimum absolute atomic E-state index is 0.130. The van der Waals surface area contributed by atoms with Gasteiger partial charge in [0.1, 0.15) is 0 Å². The minimum Gasteiger partial charge on any atom is -0.174 e. The Morgan fingerprint density at radius 2 is 1.58 bits per heavy atom. The number of halogens is 2. The fraction of sp³-hybridized carbons (Fsp3) is 0.724. The standard InChI is InChI=1S/C29H42F2/c1-2-3-4-5-6-7-21-8-10-25-19-27(14-12-23(25)16-21)28-15-13-24-17-22(18-29(30)31)9-11-26(24)20-28/h8,10,16,18,22,24,26-28H,2-7,9,11-15,17,19-20H2,1H3. The van der Waals surface area contributed by atoms with E-state index in [9.17, 15) is 8.78 Å². The highest BCUT2D eigenvalue weighted by molar-refractivity contribution is 5.34. The van der Waals surface area contributed by atoms with E-state index in [1.165, 1.54) is 89.5 Å². The van der Waals surface area contributed by atoms with Gasteiger partial charge in [0.25, 0.3) is 6.08 Å². The van der Waals surface area contributed by atoms with Gasteiger partial charge in [-0.15, -0.1) is 0 Å². The Hall–Kier alpha value is -1.18. The lowest BCUT2D eigenvalue weighted by atomic mass is 9.61. The van der Waals surface area contributed by atoms with Gasteiger partial charge in [-0.05, 0) is 123 Å². The first-order valence-corrected chi connectivity index (χ1v) is 13.3. The van der Waals surface area contributed by atoms with E-state index in [-0.39, 0.29) is 5.92 Å². The third kappa shape index (κ3) is 6.20. The zero-order chi connectivity index (χ0) is 21.6. The highest BCUT2D eigenvalue weighted by atomic mass is 19.3. The number of allylic oxidation sites excluding steroid dienone is 1. The monoisotopic (exact) mass is 428 g/mol. The molecule has 0 amide bonds. The Kier molecular flexibility index (Phi) is 8.24. The maximum atomic E-state index is 12.7. The Balaban J connectivity index is 1.27. The lowest BCUT2D eigenvalue weighted by Gasteiger charge is -2.44. The minimum atomic E-state index is -1.47. The molecule has 3 aliphatic rings. The molecule has 0 spiro atoms. The van der Waals surface area contributed by atoms with Crippen molar-refractivity contribution in [2.75, 3.05) is 0 Å². The third-order valence-corrected chi connectivity index (χ3v) is 8.83. The molecule has 3 aliphatic carbocycles. The van der Waals surface area contributed by atoms with Crippen LogP contribution < -0.4 is 0 Å². The second-order valence-electron chi connectivity index (χ2n) is 10.9. The smallest absolute Gasteiger partial charge is 0.174 e. The molecular weight excluding hydrogens is 386 g/mol. The molecule has 2 fully saturated rings. The summed E-state index contributed by atoms with van der Waals surface area (Å²) in [6.07, 6.45) is 18.8. The highest BCUT2D eigenvalue weighted by Gasteiger charge is 2.38. The van der Waals surface area contributed by atoms with Crippen LogP contribution >= 0.6 is 0 Å². The zero-order valence-corrected chi connectivity index (χ0v) is 19.6. The predicted molar refractivity (Wildman–Crippen MR) is 126 cm³/mol. The van der Waals surface area contributed by atoms with Gasteiger partial charge in [0.05, 0.1) is 0 Å². The molecule has 172 valence electrons. The van der Waals surface area contributed by atoms with Crippen molar-refractivity contribution in [3.63, 3.8) is 0 Å². The number of benzene rings is 1. The van der Waals surface area contributed by atoms with Crippen LogP contribution in [-0.4, -0.2) is 0 Å². The Labute approximate surface area is 188 Å². The first-order chi connectivity index (χ1) is 15.1. The van der Waals surface area contributed by atoms with E-state index in [2.05, 4.69) is 25.1 Å².